The van der Waals surface area contributed by atoms with Gasteiger partial charge in [-0.1, -0.05) is 6.92 Å². The molecule has 140 valence electrons. The Kier molecular flexibility index (Phi) is 7.81. The standard InChI is InChI=1S/C15H21N3O5S.ClH/c1-3-16-6-7-17-14(19)11-4-5-12-13(10-11)24(21,22)18(15(12)20)8-9-23-2;/h4-5,10,16H,3,6-9H2,1-2H3,(H,17,19);1H. The first kappa shape index (κ1) is 21.4. The Morgan fingerprint density at radius 2 is 2.00 bits per heavy atom. The molecule has 25 heavy (non-hydrogen) atoms. The molecule has 1 heterocycles. The van der Waals surface area contributed by atoms with Crippen LogP contribution in [0, 0.1) is 0 Å². The lowest BCUT2D eigenvalue weighted by Crippen LogP contribution is -2.33. The van der Waals surface area contributed by atoms with E-state index in [2.05, 4.69) is 10.6 Å². The number of hydrogen-bond donors (Lipinski definition) is 2. The van der Waals surface area contributed by atoms with Gasteiger partial charge in [0.05, 0.1) is 18.7 Å². The number of likely N-dealkylation sites (N-methyl/N-ethyl adjacent to an activating group) is 1. The van der Waals surface area contributed by atoms with E-state index >= 15 is 0 Å². The summed E-state index contributed by atoms with van der Waals surface area (Å²) in [5.41, 5.74) is 0.283. The zero-order valence-corrected chi connectivity index (χ0v) is 15.7. The quantitative estimate of drug-likeness (QED) is 0.615. The van der Waals surface area contributed by atoms with Crippen molar-refractivity contribution in [1.82, 2.24) is 14.9 Å². The van der Waals surface area contributed by atoms with E-state index in [1.807, 2.05) is 6.92 Å². The van der Waals surface area contributed by atoms with Crippen LogP contribution in [0.1, 0.15) is 27.6 Å². The van der Waals surface area contributed by atoms with Gasteiger partial charge in [-0.15, -0.1) is 12.4 Å². The van der Waals surface area contributed by atoms with Crippen LogP contribution in [-0.2, 0) is 14.8 Å². The lowest BCUT2D eigenvalue weighted by molar-refractivity contribution is 0.0835. The second-order valence-electron chi connectivity index (χ2n) is 5.20. The maximum Gasteiger partial charge on any atom is 0.269 e. The summed E-state index contributed by atoms with van der Waals surface area (Å²) in [6.45, 7) is 3.85. The number of fused-ring (bicyclic) bond motifs is 1. The number of sulfonamides is 1. The van der Waals surface area contributed by atoms with Crippen molar-refractivity contribution in [1.29, 1.82) is 0 Å². The van der Waals surface area contributed by atoms with Gasteiger partial charge < -0.3 is 15.4 Å². The van der Waals surface area contributed by atoms with Gasteiger partial charge in [-0.2, -0.15) is 0 Å². The number of ether oxygens (including phenoxy) is 1. The molecule has 0 bridgehead atoms. The number of nitrogens with one attached hydrogen (secondary N) is 2. The molecular weight excluding hydrogens is 370 g/mol. The van der Waals surface area contributed by atoms with Gasteiger partial charge in [0.2, 0.25) is 0 Å². The van der Waals surface area contributed by atoms with Crippen molar-refractivity contribution < 1.29 is 22.7 Å². The molecule has 1 aromatic carbocycles. The van der Waals surface area contributed by atoms with Gasteiger partial charge in [-0.25, -0.2) is 12.7 Å². The van der Waals surface area contributed by atoms with Gasteiger partial charge in [-0.05, 0) is 24.7 Å². The lowest BCUT2D eigenvalue weighted by atomic mass is 10.1. The fourth-order valence-corrected chi connectivity index (χ4v) is 3.93. The Bertz CT molecular complexity index is 739. The molecule has 0 aromatic heterocycles. The molecule has 0 atom stereocenters. The molecule has 10 heteroatoms. The predicted molar refractivity (Wildman–Crippen MR) is 94.7 cm³/mol. The summed E-state index contributed by atoms with van der Waals surface area (Å²) in [5, 5.41) is 5.76. The van der Waals surface area contributed by atoms with Gasteiger partial charge in [-0.3, -0.25) is 9.59 Å². The van der Waals surface area contributed by atoms with E-state index in [0.29, 0.717) is 13.1 Å². The summed E-state index contributed by atoms with van der Waals surface area (Å²) in [7, 11) is -2.51. The van der Waals surface area contributed by atoms with Crippen molar-refractivity contribution in [3.05, 3.63) is 29.3 Å². The van der Waals surface area contributed by atoms with Crippen LogP contribution >= 0.6 is 12.4 Å². The fourth-order valence-electron chi connectivity index (χ4n) is 2.36. The van der Waals surface area contributed by atoms with Gasteiger partial charge in [0.25, 0.3) is 21.8 Å². The van der Waals surface area contributed by atoms with Crippen LogP contribution < -0.4 is 10.6 Å². The minimum Gasteiger partial charge on any atom is -0.383 e. The van der Waals surface area contributed by atoms with Crippen LogP contribution in [0.4, 0.5) is 0 Å². The number of carbonyl (C=O) groups excluding carboxylic acids is 2. The molecule has 2 N–H and O–H groups in total. The van der Waals surface area contributed by atoms with E-state index in [-0.39, 0.29) is 47.5 Å². The number of benzene rings is 1. The van der Waals surface area contributed by atoms with Crippen molar-refractivity contribution in [3.8, 4) is 0 Å². The highest BCUT2D eigenvalue weighted by atomic mass is 35.5. The lowest BCUT2D eigenvalue weighted by Gasteiger charge is -2.13. The van der Waals surface area contributed by atoms with Crippen LogP contribution in [0.3, 0.4) is 0 Å². The van der Waals surface area contributed by atoms with Crippen molar-refractivity contribution in [2.75, 3.05) is 39.9 Å². The largest absolute Gasteiger partial charge is 0.383 e. The Hall–Kier alpha value is -1.68. The molecule has 0 unspecified atom stereocenters. The molecule has 8 nitrogen and oxygen atoms in total. The van der Waals surface area contributed by atoms with Gasteiger partial charge >= 0.3 is 0 Å². The SMILES string of the molecule is CCNCCNC(=O)c1ccc2c(c1)S(=O)(=O)N(CCOC)C2=O.Cl. The summed E-state index contributed by atoms with van der Waals surface area (Å²) in [5.74, 6) is -0.977. The van der Waals surface area contributed by atoms with E-state index < -0.39 is 15.9 Å². The number of nitrogens with zero attached hydrogens (tertiary/aromatic N) is 1. The molecule has 2 rings (SSSR count). The minimum atomic E-state index is -3.94. The second-order valence-corrected chi connectivity index (χ2v) is 7.03. The van der Waals surface area contributed by atoms with E-state index in [1.54, 1.807) is 0 Å². The Morgan fingerprint density at radius 1 is 1.28 bits per heavy atom. The van der Waals surface area contributed by atoms with Crippen LogP contribution in [0.25, 0.3) is 0 Å². The summed E-state index contributed by atoms with van der Waals surface area (Å²) < 4.78 is 30.6. The first-order valence-electron chi connectivity index (χ1n) is 7.62. The topological polar surface area (TPSA) is 105 Å². The summed E-state index contributed by atoms with van der Waals surface area (Å²) in [4.78, 5) is 24.2. The molecule has 1 aliphatic heterocycles. The van der Waals surface area contributed by atoms with E-state index in [1.165, 1.54) is 25.3 Å². The van der Waals surface area contributed by atoms with Crippen LogP contribution in [-0.4, -0.2) is 64.4 Å². The normalized spacial score (nSPS) is 14.8. The highest BCUT2D eigenvalue weighted by molar-refractivity contribution is 7.90. The van der Waals surface area contributed by atoms with E-state index in [4.69, 9.17) is 4.74 Å². The molecule has 0 radical (unpaired) electrons. The molecule has 1 aliphatic rings. The average molecular weight is 392 g/mol. The Morgan fingerprint density at radius 3 is 2.64 bits per heavy atom. The van der Waals surface area contributed by atoms with Gasteiger partial charge in [0.15, 0.2) is 0 Å². The van der Waals surface area contributed by atoms with Crippen molar-refractivity contribution in [2.45, 2.75) is 11.8 Å². The number of rotatable bonds is 8. The summed E-state index contributed by atoms with van der Waals surface area (Å²) in [6.07, 6.45) is 0. The molecule has 0 fully saturated rings. The van der Waals surface area contributed by atoms with Crippen LogP contribution in [0.5, 0.6) is 0 Å². The summed E-state index contributed by atoms with van der Waals surface area (Å²) >= 11 is 0. The molecular formula is C15H22ClN3O5S. The van der Waals surface area contributed by atoms with E-state index in [9.17, 15) is 18.0 Å². The zero-order chi connectivity index (χ0) is 17.7. The minimum absolute atomic E-state index is 0. The summed E-state index contributed by atoms with van der Waals surface area (Å²) in [6, 6.07) is 4.08. The number of carbonyl (C=O) groups is 2. The Balaban J connectivity index is 0.00000312. The third-order valence-corrected chi connectivity index (χ3v) is 5.43. The number of amides is 2. The molecule has 2 amide bonds. The van der Waals surface area contributed by atoms with Crippen molar-refractivity contribution in [2.24, 2.45) is 0 Å². The van der Waals surface area contributed by atoms with Crippen LogP contribution in [0.2, 0.25) is 0 Å². The molecule has 0 saturated heterocycles. The molecule has 1 aromatic rings. The number of halogens is 1. The van der Waals surface area contributed by atoms with E-state index in [0.717, 1.165) is 10.8 Å². The predicted octanol–water partition coefficient (Wildman–Crippen LogP) is 0.239. The zero-order valence-electron chi connectivity index (χ0n) is 14.1. The molecule has 0 spiro atoms. The highest BCUT2D eigenvalue weighted by Gasteiger charge is 2.41. The number of hydrogen-bond acceptors (Lipinski definition) is 6. The smallest absolute Gasteiger partial charge is 0.269 e. The van der Waals surface area contributed by atoms with Crippen molar-refractivity contribution in [3.63, 3.8) is 0 Å². The number of methoxy groups -OCH3 is 1. The second kappa shape index (κ2) is 9.14. The Labute approximate surface area is 153 Å². The maximum atomic E-state index is 12.5. The monoisotopic (exact) mass is 391 g/mol. The van der Waals surface area contributed by atoms with Crippen molar-refractivity contribution >= 4 is 34.2 Å². The third kappa shape index (κ3) is 4.49. The average Bonchev–Trinajstić information content (AvgIpc) is 2.76. The maximum absolute atomic E-state index is 12.5. The fraction of sp³-hybridized carbons (Fsp3) is 0.467. The van der Waals surface area contributed by atoms with Gasteiger partial charge in [0.1, 0.15) is 4.90 Å². The van der Waals surface area contributed by atoms with Gasteiger partial charge in [0, 0.05) is 25.8 Å². The third-order valence-electron chi connectivity index (χ3n) is 3.60. The molecule has 0 saturated carbocycles. The highest BCUT2D eigenvalue weighted by Crippen LogP contribution is 2.30. The molecule has 0 aliphatic carbocycles. The first-order chi connectivity index (χ1) is 11.4. The first-order valence-corrected chi connectivity index (χ1v) is 9.06. The van der Waals surface area contributed by atoms with Crippen LogP contribution in [0.15, 0.2) is 23.1 Å².